The van der Waals surface area contributed by atoms with Gasteiger partial charge in [0, 0.05) is 0 Å². The molecule has 0 aliphatic carbocycles. The molecule has 0 bridgehead atoms. The molecular weight excluding hydrogens is 168 g/mol. The Hall–Kier alpha value is -0.530. The molecule has 0 aromatic rings. The number of hydrogen-bond donors (Lipinski definition) is 3. The first kappa shape index (κ1) is 8.47. The molecule has 9 heavy (non-hydrogen) atoms. The lowest BCUT2D eigenvalue weighted by Crippen LogP contribution is -2.26. The summed E-state index contributed by atoms with van der Waals surface area (Å²) in [4.78, 5) is 0. The molecule has 8 heteroatoms. The molecule has 0 saturated heterocycles. The minimum Gasteiger partial charge on any atom is -0.369 e. The summed E-state index contributed by atoms with van der Waals surface area (Å²) >= 11 is 4.68. The zero-order chi connectivity index (χ0) is 7.49. The number of rotatable bonds is 2. The quantitative estimate of drug-likeness (QED) is 0.261. The first-order valence-electron chi connectivity index (χ1n) is 1.71. The molecule has 0 fully saturated rings. The smallest absolute Gasteiger partial charge is 0.336 e. The SMILES string of the molecule is NC(N)=NS(=O)(=O)NCl. The maximum absolute atomic E-state index is 10.2. The van der Waals surface area contributed by atoms with Crippen LogP contribution in [0.2, 0.25) is 0 Å². The Morgan fingerprint density at radius 2 is 2.00 bits per heavy atom. The standard InChI is InChI=1S/CH5ClN4O2S/c2-6-9(7,8)5-1(3)4/h6H,(H4,3,4,5). The van der Waals surface area contributed by atoms with Crippen molar-refractivity contribution in [2.45, 2.75) is 0 Å². The van der Waals surface area contributed by atoms with Crippen LogP contribution in [-0.2, 0) is 10.2 Å². The van der Waals surface area contributed by atoms with Crippen molar-refractivity contribution in [3.8, 4) is 0 Å². The van der Waals surface area contributed by atoms with E-state index in [1.54, 1.807) is 0 Å². The normalized spacial score (nSPS) is 10.8. The lowest BCUT2D eigenvalue weighted by atomic mass is 11.1. The lowest BCUT2D eigenvalue weighted by Gasteiger charge is -1.90. The van der Waals surface area contributed by atoms with E-state index in [1.165, 1.54) is 4.24 Å². The van der Waals surface area contributed by atoms with Crippen molar-refractivity contribution in [3.63, 3.8) is 0 Å². The molecule has 0 unspecified atom stereocenters. The fourth-order valence-corrected chi connectivity index (χ4v) is 0.572. The molecule has 0 spiro atoms. The average Bonchev–Trinajstić information content (AvgIpc) is 1.63. The van der Waals surface area contributed by atoms with Gasteiger partial charge in [-0.15, -0.1) is 8.64 Å². The molecule has 0 heterocycles. The van der Waals surface area contributed by atoms with Crippen molar-refractivity contribution in [1.82, 2.24) is 4.24 Å². The second-order valence-corrected chi connectivity index (χ2v) is 2.82. The van der Waals surface area contributed by atoms with Crippen LogP contribution >= 0.6 is 11.8 Å². The number of nitrogens with two attached hydrogens (primary N) is 2. The van der Waals surface area contributed by atoms with Gasteiger partial charge in [-0.25, -0.2) is 0 Å². The molecule has 0 radical (unpaired) electrons. The second kappa shape index (κ2) is 2.85. The highest BCUT2D eigenvalue weighted by atomic mass is 35.5. The van der Waals surface area contributed by atoms with Gasteiger partial charge in [0.05, 0.1) is 0 Å². The zero-order valence-electron chi connectivity index (χ0n) is 4.20. The van der Waals surface area contributed by atoms with E-state index >= 15 is 0 Å². The van der Waals surface area contributed by atoms with Crippen LogP contribution in [0, 0.1) is 0 Å². The van der Waals surface area contributed by atoms with Gasteiger partial charge in [-0.3, -0.25) is 0 Å². The fraction of sp³-hybridized carbons (Fsp3) is 0. The van der Waals surface area contributed by atoms with E-state index < -0.39 is 16.2 Å². The minimum absolute atomic E-state index is 0.567. The summed E-state index contributed by atoms with van der Waals surface area (Å²) in [6, 6.07) is 0. The molecule has 0 atom stereocenters. The van der Waals surface area contributed by atoms with E-state index in [0.717, 1.165) is 0 Å². The molecule has 0 aromatic heterocycles. The Labute approximate surface area is 57.2 Å². The highest BCUT2D eigenvalue weighted by Gasteiger charge is 2.02. The third-order valence-electron chi connectivity index (χ3n) is 0.323. The molecule has 0 aliphatic heterocycles. The predicted octanol–water partition coefficient (Wildman–Crippen LogP) is -1.75. The highest BCUT2D eigenvalue weighted by molar-refractivity contribution is 7.89. The molecule has 54 valence electrons. The van der Waals surface area contributed by atoms with Crippen LogP contribution in [0.4, 0.5) is 0 Å². The maximum Gasteiger partial charge on any atom is 0.336 e. The van der Waals surface area contributed by atoms with E-state index in [9.17, 15) is 8.42 Å². The molecule has 5 N–H and O–H groups in total. The topological polar surface area (TPSA) is 111 Å². The van der Waals surface area contributed by atoms with Crippen LogP contribution in [0.25, 0.3) is 0 Å². The molecule has 0 amide bonds. The predicted molar refractivity (Wildman–Crippen MR) is 33.7 cm³/mol. The Balaban J connectivity index is 4.41. The van der Waals surface area contributed by atoms with Gasteiger partial charge >= 0.3 is 10.2 Å². The van der Waals surface area contributed by atoms with Crippen LogP contribution in [0.5, 0.6) is 0 Å². The maximum atomic E-state index is 10.2. The van der Waals surface area contributed by atoms with Crippen molar-refractivity contribution in [1.29, 1.82) is 0 Å². The van der Waals surface area contributed by atoms with Gasteiger partial charge in [0.2, 0.25) is 5.96 Å². The molecule has 0 rings (SSSR count). The summed E-state index contributed by atoms with van der Waals surface area (Å²) < 4.78 is 24.5. The minimum atomic E-state index is -3.87. The Morgan fingerprint density at radius 3 is 2.11 bits per heavy atom. The van der Waals surface area contributed by atoms with Gasteiger partial charge < -0.3 is 11.5 Å². The summed E-state index contributed by atoms with van der Waals surface area (Å²) in [6.45, 7) is 0. The van der Waals surface area contributed by atoms with Crippen molar-refractivity contribution in [2.24, 2.45) is 15.9 Å². The molecule has 0 aromatic carbocycles. The summed E-state index contributed by atoms with van der Waals surface area (Å²) in [5, 5.41) is 0. The number of nitrogens with zero attached hydrogens (tertiary/aromatic N) is 1. The zero-order valence-corrected chi connectivity index (χ0v) is 5.78. The first-order valence-corrected chi connectivity index (χ1v) is 3.53. The summed E-state index contributed by atoms with van der Waals surface area (Å²) in [7, 11) is -3.87. The van der Waals surface area contributed by atoms with Gasteiger partial charge in [0.15, 0.2) is 0 Å². The molecular formula is CH5ClN4O2S. The molecule has 0 saturated carbocycles. The number of hydrogen-bond acceptors (Lipinski definition) is 2. The van der Waals surface area contributed by atoms with Crippen LogP contribution in [0.1, 0.15) is 0 Å². The van der Waals surface area contributed by atoms with Crippen LogP contribution < -0.4 is 15.7 Å². The third-order valence-corrected chi connectivity index (χ3v) is 1.55. The monoisotopic (exact) mass is 172 g/mol. The number of halogens is 1. The molecule has 0 aliphatic rings. The Bertz CT molecular complexity index is 203. The first-order chi connectivity index (χ1) is 3.98. The van der Waals surface area contributed by atoms with Crippen molar-refractivity contribution >= 4 is 27.9 Å². The van der Waals surface area contributed by atoms with Crippen LogP contribution in [-0.4, -0.2) is 14.4 Å². The highest BCUT2D eigenvalue weighted by Crippen LogP contribution is 1.84. The van der Waals surface area contributed by atoms with E-state index in [0.29, 0.717) is 0 Å². The van der Waals surface area contributed by atoms with Gasteiger partial charge in [-0.05, 0) is 11.8 Å². The van der Waals surface area contributed by atoms with E-state index in [2.05, 4.69) is 16.2 Å². The average molecular weight is 173 g/mol. The van der Waals surface area contributed by atoms with Crippen LogP contribution in [0.3, 0.4) is 0 Å². The van der Waals surface area contributed by atoms with E-state index in [1.807, 2.05) is 0 Å². The third kappa shape index (κ3) is 4.01. The van der Waals surface area contributed by atoms with Gasteiger partial charge in [-0.1, -0.05) is 0 Å². The van der Waals surface area contributed by atoms with Crippen LogP contribution in [0.15, 0.2) is 4.40 Å². The fourth-order valence-electron chi connectivity index (χ4n) is 0.156. The van der Waals surface area contributed by atoms with E-state index in [-0.39, 0.29) is 0 Å². The number of nitrogens with one attached hydrogen (secondary N) is 1. The van der Waals surface area contributed by atoms with Gasteiger partial charge in [0.1, 0.15) is 0 Å². The largest absolute Gasteiger partial charge is 0.369 e. The van der Waals surface area contributed by atoms with Gasteiger partial charge in [-0.2, -0.15) is 8.42 Å². The van der Waals surface area contributed by atoms with E-state index in [4.69, 9.17) is 11.5 Å². The summed E-state index contributed by atoms with van der Waals surface area (Å²) in [5.74, 6) is -0.567. The summed E-state index contributed by atoms with van der Waals surface area (Å²) in [5.41, 5.74) is 9.41. The molecule has 6 nitrogen and oxygen atoms in total. The Morgan fingerprint density at radius 1 is 1.56 bits per heavy atom. The number of guanidine groups is 1. The Kier molecular flexibility index (Phi) is 2.68. The van der Waals surface area contributed by atoms with Crippen molar-refractivity contribution in [3.05, 3.63) is 0 Å². The second-order valence-electron chi connectivity index (χ2n) is 1.07. The van der Waals surface area contributed by atoms with Crippen molar-refractivity contribution < 1.29 is 8.42 Å². The van der Waals surface area contributed by atoms with Gasteiger partial charge in [0.25, 0.3) is 0 Å². The lowest BCUT2D eigenvalue weighted by molar-refractivity contribution is 0.596. The van der Waals surface area contributed by atoms with Crippen molar-refractivity contribution in [2.75, 3.05) is 0 Å². The summed E-state index contributed by atoms with van der Waals surface area (Å²) in [6.07, 6.45) is 0.